The molecule has 0 spiro atoms. The quantitative estimate of drug-likeness (QED) is 0.675. The van der Waals surface area contributed by atoms with Gasteiger partial charge in [0.15, 0.2) is 0 Å². The lowest BCUT2D eigenvalue weighted by molar-refractivity contribution is -0.121. The van der Waals surface area contributed by atoms with Gasteiger partial charge in [0, 0.05) is 23.6 Å². The first kappa shape index (κ1) is 18.8. The topological polar surface area (TPSA) is 67.4 Å². The standard InChI is InChI=1S/C19H21ClN2O3/c20-16-8-10-17(11-9-16)25-14-13-21-18(23)7-4-12-22-19(24)15-5-2-1-3-6-15/h1-3,5-6,8-11H,4,7,12-14H2,(H,21,23)(H,22,24). The van der Waals surface area contributed by atoms with Gasteiger partial charge in [0.05, 0.1) is 6.54 Å². The molecule has 132 valence electrons. The number of halogens is 1. The third kappa shape index (κ3) is 7.27. The molecule has 0 atom stereocenters. The molecule has 2 N–H and O–H groups in total. The Bertz CT molecular complexity index is 675. The van der Waals surface area contributed by atoms with Crippen molar-refractivity contribution in [3.05, 3.63) is 65.2 Å². The Morgan fingerprint density at radius 3 is 2.36 bits per heavy atom. The minimum absolute atomic E-state index is 0.0614. The van der Waals surface area contributed by atoms with Crippen LogP contribution in [0.4, 0.5) is 0 Å². The molecule has 0 aromatic heterocycles. The smallest absolute Gasteiger partial charge is 0.251 e. The first-order valence-electron chi connectivity index (χ1n) is 8.13. The summed E-state index contributed by atoms with van der Waals surface area (Å²) in [5, 5.41) is 6.23. The van der Waals surface area contributed by atoms with Gasteiger partial charge in [-0.1, -0.05) is 29.8 Å². The van der Waals surface area contributed by atoms with Gasteiger partial charge in [0.2, 0.25) is 5.91 Å². The van der Waals surface area contributed by atoms with Gasteiger partial charge in [-0.25, -0.2) is 0 Å². The van der Waals surface area contributed by atoms with Crippen LogP contribution in [-0.4, -0.2) is 31.5 Å². The molecule has 0 aliphatic rings. The third-order valence-corrected chi connectivity index (χ3v) is 3.66. The normalized spacial score (nSPS) is 10.1. The molecular weight excluding hydrogens is 340 g/mol. The molecule has 2 aromatic carbocycles. The summed E-state index contributed by atoms with van der Waals surface area (Å²) < 4.78 is 5.49. The Balaban J connectivity index is 1.52. The molecule has 0 aliphatic heterocycles. The number of carbonyl (C=O) groups excluding carboxylic acids is 2. The minimum Gasteiger partial charge on any atom is -0.492 e. The maximum atomic E-state index is 11.8. The van der Waals surface area contributed by atoms with Gasteiger partial charge in [-0.3, -0.25) is 9.59 Å². The highest BCUT2D eigenvalue weighted by atomic mass is 35.5. The van der Waals surface area contributed by atoms with Crippen LogP contribution in [-0.2, 0) is 4.79 Å². The summed E-state index contributed by atoms with van der Waals surface area (Å²) >= 11 is 5.79. The summed E-state index contributed by atoms with van der Waals surface area (Å²) in [6, 6.07) is 16.0. The van der Waals surface area contributed by atoms with Gasteiger partial charge < -0.3 is 15.4 Å². The van der Waals surface area contributed by atoms with Crippen molar-refractivity contribution in [2.24, 2.45) is 0 Å². The van der Waals surface area contributed by atoms with Gasteiger partial charge in [0.25, 0.3) is 5.91 Å². The summed E-state index contributed by atoms with van der Waals surface area (Å²) in [5.41, 5.74) is 0.617. The van der Waals surface area contributed by atoms with E-state index in [0.717, 1.165) is 0 Å². The molecule has 2 amide bonds. The van der Waals surface area contributed by atoms with Crippen LogP contribution in [0.5, 0.6) is 5.75 Å². The van der Waals surface area contributed by atoms with E-state index in [2.05, 4.69) is 10.6 Å². The van der Waals surface area contributed by atoms with Crippen LogP contribution < -0.4 is 15.4 Å². The van der Waals surface area contributed by atoms with Gasteiger partial charge in [-0.2, -0.15) is 0 Å². The second-order valence-corrected chi connectivity index (χ2v) is 5.81. The molecule has 2 aromatic rings. The van der Waals surface area contributed by atoms with E-state index >= 15 is 0 Å². The lowest BCUT2D eigenvalue weighted by Crippen LogP contribution is -2.29. The molecule has 0 bridgehead atoms. The minimum atomic E-state index is -0.127. The Morgan fingerprint density at radius 1 is 0.920 bits per heavy atom. The van der Waals surface area contributed by atoms with Crippen LogP contribution in [0.25, 0.3) is 0 Å². The summed E-state index contributed by atoms with van der Waals surface area (Å²) in [5.74, 6) is 0.522. The number of hydrogen-bond acceptors (Lipinski definition) is 3. The first-order chi connectivity index (χ1) is 12.1. The van der Waals surface area contributed by atoms with E-state index in [-0.39, 0.29) is 11.8 Å². The molecule has 0 heterocycles. The average Bonchev–Trinajstić information content (AvgIpc) is 2.64. The van der Waals surface area contributed by atoms with Crippen LogP contribution in [0, 0.1) is 0 Å². The highest BCUT2D eigenvalue weighted by Crippen LogP contribution is 2.15. The second-order valence-electron chi connectivity index (χ2n) is 5.38. The summed E-state index contributed by atoms with van der Waals surface area (Å²) in [7, 11) is 0. The zero-order valence-electron chi connectivity index (χ0n) is 13.8. The number of rotatable bonds is 9. The molecule has 6 heteroatoms. The first-order valence-corrected chi connectivity index (χ1v) is 8.51. The summed E-state index contributed by atoms with van der Waals surface area (Å²) in [6.45, 7) is 1.28. The monoisotopic (exact) mass is 360 g/mol. The fraction of sp³-hybridized carbons (Fsp3) is 0.263. The molecule has 0 fully saturated rings. The van der Waals surface area contributed by atoms with Gasteiger partial charge >= 0.3 is 0 Å². The molecule has 2 rings (SSSR count). The van der Waals surface area contributed by atoms with E-state index < -0.39 is 0 Å². The Hall–Kier alpha value is -2.53. The SMILES string of the molecule is O=C(CCCNC(=O)c1ccccc1)NCCOc1ccc(Cl)cc1. The van der Waals surface area contributed by atoms with Crippen molar-refractivity contribution in [2.45, 2.75) is 12.8 Å². The molecule has 0 saturated carbocycles. The van der Waals surface area contributed by atoms with Crippen LogP contribution in [0.2, 0.25) is 5.02 Å². The van der Waals surface area contributed by atoms with Crippen molar-refractivity contribution in [1.29, 1.82) is 0 Å². The van der Waals surface area contributed by atoms with E-state index in [1.807, 2.05) is 18.2 Å². The number of ether oxygens (including phenoxy) is 1. The maximum Gasteiger partial charge on any atom is 0.251 e. The fourth-order valence-corrected chi connectivity index (χ4v) is 2.25. The van der Waals surface area contributed by atoms with E-state index in [0.29, 0.717) is 48.9 Å². The zero-order valence-corrected chi connectivity index (χ0v) is 14.6. The predicted molar refractivity (Wildman–Crippen MR) is 98.0 cm³/mol. The van der Waals surface area contributed by atoms with Gasteiger partial charge in [-0.15, -0.1) is 0 Å². The van der Waals surface area contributed by atoms with Crippen LogP contribution >= 0.6 is 11.6 Å². The number of carbonyl (C=O) groups is 2. The zero-order chi connectivity index (χ0) is 17.9. The van der Waals surface area contributed by atoms with Crippen molar-refractivity contribution in [3.8, 4) is 5.75 Å². The molecule has 0 unspecified atom stereocenters. The number of nitrogens with one attached hydrogen (secondary N) is 2. The van der Waals surface area contributed by atoms with Crippen molar-refractivity contribution < 1.29 is 14.3 Å². The van der Waals surface area contributed by atoms with Crippen molar-refractivity contribution in [1.82, 2.24) is 10.6 Å². The number of hydrogen-bond donors (Lipinski definition) is 2. The number of amides is 2. The Kier molecular flexibility index (Phi) is 7.79. The second kappa shape index (κ2) is 10.4. The van der Waals surface area contributed by atoms with E-state index in [9.17, 15) is 9.59 Å². The fourth-order valence-electron chi connectivity index (χ4n) is 2.12. The molecular formula is C19H21ClN2O3. The van der Waals surface area contributed by atoms with E-state index in [4.69, 9.17) is 16.3 Å². The Morgan fingerprint density at radius 2 is 1.64 bits per heavy atom. The van der Waals surface area contributed by atoms with Crippen LogP contribution in [0.3, 0.4) is 0 Å². The predicted octanol–water partition coefficient (Wildman–Crippen LogP) is 3.05. The van der Waals surface area contributed by atoms with Crippen LogP contribution in [0.15, 0.2) is 54.6 Å². The molecule has 0 radical (unpaired) electrons. The van der Waals surface area contributed by atoms with Crippen molar-refractivity contribution in [3.63, 3.8) is 0 Å². The summed E-state index contributed by atoms with van der Waals surface area (Å²) in [4.78, 5) is 23.5. The largest absolute Gasteiger partial charge is 0.492 e. The molecule has 5 nitrogen and oxygen atoms in total. The lowest BCUT2D eigenvalue weighted by Gasteiger charge is -2.08. The van der Waals surface area contributed by atoms with Crippen LogP contribution in [0.1, 0.15) is 23.2 Å². The van der Waals surface area contributed by atoms with E-state index in [1.165, 1.54) is 0 Å². The van der Waals surface area contributed by atoms with Crippen molar-refractivity contribution >= 4 is 23.4 Å². The summed E-state index contributed by atoms with van der Waals surface area (Å²) in [6.07, 6.45) is 0.943. The Labute approximate surface area is 152 Å². The molecule has 0 aliphatic carbocycles. The third-order valence-electron chi connectivity index (χ3n) is 3.41. The van der Waals surface area contributed by atoms with Crippen molar-refractivity contribution in [2.75, 3.05) is 19.7 Å². The highest BCUT2D eigenvalue weighted by Gasteiger charge is 2.05. The number of benzene rings is 2. The lowest BCUT2D eigenvalue weighted by atomic mass is 10.2. The average molecular weight is 361 g/mol. The maximum absolute atomic E-state index is 11.8. The van der Waals surface area contributed by atoms with Gasteiger partial charge in [0.1, 0.15) is 12.4 Å². The highest BCUT2D eigenvalue weighted by molar-refractivity contribution is 6.30. The van der Waals surface area contributed by atoms with E-state index in [1.54, 1.807) is 36.4 Å². The van der Waals surface area contributed by atoms with Gasteiger partial charge in [-0.05, 0) is 42.8 Å². The molecule has 25 heavy (non-hydrogen) atoms. The molecule has 0 saturated heterocycles.